The van der Waals surface area contributed by atoms with Gasteiger partial charge in [0, 0.05) is 5.69 Å². The van der Waals surface area contributed by atoms with Crippen LogP contribution in [0.2, 0.25) is 0 Å². The molecule has 0 atom stereocenters. The Morgan fingerprint density at radius 1 is 1.12 bits per heavy atom. The Balaban J connectivity index is 2.02. The van der Waals surface area contributed by atoms with Crippen LogP contribution in [0.25, 0.3) is 0 Å². The third kappa shape index (κ3) is 2.99. The van der Waals surface area contributed by atoms with Crippen LogP contribution in [0, 0.1) is 11.3 Å². The van der Waals surface area contributed by atoms with E-state index in [-0.39, 0.29) is 0 Å². The summed E-state index contributed by atoms with van der Waals surface area (Å²) in [4.78, 5) is 0. The van der Waals surface area contributed by atoms with Crippen molar-refractivity contribution in [2.45, 2.75) is 6.61 Å². The minimum atomic E-state index is 0.444. The van der Waals surface area contributed by atoms with E-state index in [9.17, 15) is 0 Å². The third-order valence-electron chi connectivity index (χ3n) is 2.34. The lowest BCUT2D eigenvalue weighted by Crippen LogP contribution is -1.96. The van der Waals surface area contributed by atoms with Gasteiger partial charge in [0.2, 0.25) is 0 Å². The minimum Gasteiger partial charge on any atom is -0.489 e. The second-order valence-electron chi connectivity index (χ2n) is 3.67. The first-order chi connectivity index (χ1) is 8.28. The summed E-state index contributed by atoms with van der Waals surface area (Å²) in [5, 5.41) is 8.77. The van der Waals surface area contributed by atoms with E-state index in [0.717, 1.165) is 11.3 Å². The zero-order chi connectivity index (χ0) is 12.1. The molecule has 0 aliphatic rings. The van der Waals surface area contributed by atoms with E-state index in [0.29, 0.717) is 17.9 Å². The number of nitrogens with two attached hydrogens (primary N) is 1. The molecule has 0 aromatic heterocycles. The zero-order valence-electron chi connectivity index (χ0n) is 9.26. The molecule has 0 spiro atoms. The Morgan fingerprint density at radius 3 is 2.59 bits per heavy atom. The largest absolute Gasteiger partial charge is 0.489 e. The van der Waals surface area contributed by atoms with Gasteiger partial charge in [0.1, 0.15) is 12.4 Å². The van der Waals surface area contributed by atoms with Crippen molar-refractivity contribution in [1.29, 1.82) is 5.26 Å². The molecular formula is C14H12N2O. The normalized spacial score (nSPS) is 9.59. The van der Waals surface area contributed by atoms with Gasteiger partial charge in [-0.1, -0.05) is 12.1 Å². The fourth-order valence-corrected chi connectivity index (χ4v) is 1.46. The van der Waals surface area contributed by atoms with Gasteiger partial charge in [-0.05, 0) is 42.0 Å². The second kappa shape index (κ2) is 5.04. The van der Waals surface area contributed by atoms with Gasteiger partial charge in [0.15, 0.2) is 0 Å². The van der Waals surface area contributed by atoms with Gasteiger partial charge in [0.25, 0.3) is 0 Å². The van der Waals surface area contributed by atoms with Crippen molar-refractivity contribution >= 4 is 5.69 Å². The lowest BCUT2D eigenvalue weighted by Gasteiger charge is -2.06. The smallest absolute Gasteiger partial charge is 0.119 e. The van der Waals surface area contributed by atoms with Crippen LogP contribution in [-0.4, -0.2) is 0 Å². The Kier molecular flexibility index (Phi) is 3.27. The maximum Gasteiger partial charge on any atom is 0.119 e. The van der Waals surface area contributed by atoms with Crippen molar-refractivity contribution in [3.63, 3.8) is 0 Å². The highest BCUT2D eigenvalue weighted by Gasteiger charge is 1.97. The molecule has 2 aromatic rings. The Hall–Kier alpha value is -2.47. The molecule has 17 heavy (non-hydrogen) atoms. The van der Waals surface area contributed by atoms with E-state index in [4.69, 9.17) is 15.7 Å². The molecule has 0 amide bonds. The average Bonchev–Trinajstić information content (AvgIpc) is 2.38. The molecule has 2 aromatic carbocycles. The van der Waals surface area contributed by atoms with Gasteiger partial charge in [-0.25, -0.2) is 0 Å². The summed E-state index contributed by atoms with van der Waals surface area (Å²) in [5.41, 5.74) is 7.91. The van der Waals surface area contributed by atoms with Gasteiger partial charge < -0.3 is 10.5 Å². The van der Waals surface area contributed by atoms with Crippen molar-refractivity contribution in [3.05, 3.63) is 59.7 Å². The molecule has 3 heteroatoms. The number of nitrogen functional groups attached to an aromatic ring is 1. The molecule has 0 fully saturated rings. The van der Waals surface area contributed by atoms with Crippen molar-refractivity contribution in [3.8, 4) is 11.8 Å². The molecule has 2 rings (SSSR count). The van der Waals surface area contributed by atoms with E-state index >= 15 is 0 Å². The van der Waals surface area contributed by atoms with Crippen LogP contribution in [0.3, 0.4) is 0 Å². The van der Waals surface area contributed by atoms with Crippen LogP contribution in [0.5, 0.6) is 5.75 Å². The first-order valence-electron chi connectivity index (χ1n) is 5.25. The van der Waals surface area contributed by atoms with Gasteiger partial charge in [-0.2, -0.15) is 5.26 Å². The number of benzene rings is 2. The van der Waals surface area contributed by atoms with Crippen LogP contribution in [0.4, 0.5) is 5.69 Å². The number of ether oxygens (including phenoxy) is 1. The molecule has 0 aliphatic heterocycles. The lowest BCUT2D eigenvalue weighted by molar-refractivity contribution is 0.306. The van der Waals surface area contributed by atoms with Crippen LogP contribution in [0.1, 0.15) is 11.1 Å². The summed E-state index contributed by atoms with van der Waals surface area (Å²) in [5.74, 6) is 0.765. The van der Waals surface area contributed by atoms with Gasteiger partial charge in [0.05, 0.1) is 11.6 Å². The Bertz CT molecular complexity index is 541. The summed E-state index contributed by atoms with van der Waals surface area (Å²) in [6.07, 6.45) is 0. The summed E-state index contributed by atoms with van der Waals surface area (Å²) < 4.78 is 5.58. The molecule has 0 saturated heterocycles. The molecule has 0 unspecified atom stereocenters. The number of hydrogen-bond donors (Lipinski definition) is 1. The quantitative estimate of drug-likeness (QED) is 0.815. The summed E-state index contributed by atoms with van der Waals surface area (Å²) in [7, 11) is 0. The highest BCUT2D eigenvalue weighted by Crippen LogP contribution is 2.15. The van der Waals surface area contributed by atoms with Crippen molar-refractivity contribution in [1.82, 2.24) is 0 Å². The predicted molar refractivity (Wildman–Crippen MR) is 66.3 cm³/mol. The number of hydrogen-bond acceptors (Lipinski definition) is 3. The maximum absolute atomic E-state index is 8.77. The van der Waals surface area contributed by atoms with Crippen LogP contribution >= 0.6 is 0 Å². The topological polar surface area (TPSA) is 59.0 Å². The van der Waals surface area contributed by atoms with E-state index in [1.165, 1.54) is 0 Å². The van der Waals surface area contributed by atoms with Crippen molar-refractivity contribution < 1.29 is 4.74 Å². The zero-order valence-corrected chi connectivity index (χ0v) is 9.26. The van der Waals surface area contributed by atoms with Crippen LogP contribution < -0.4 is 10.5 Å². The first-order valence-corrected chi connectivity index (χ1v) is 5.25. The molecule has 0 bridgehead atoms. The Labute approximate surface area is 100 Å². The fourth-order valence-electron chi connectivity index (χ4n) is 1.46. The van der Waals surface area contributed by atoms with Crippen molar-refractivity contribution in [2.24, 2.45) is 0 Å². The molecule has 0 aliphatic carbocycles. The van der Waals surface area contributed by atoms with E-state index < -0.39 is 0 Å². The van der Waals surface area contributed by atoms with Gasteiger partial charge >= 0.3 is 0 Å². The third-order valence-corrected chi connectivity index (χ3v) is 2.34. The standard InChI is InChI=1S/C14H12N2O/c15-9-11-2-1-3-12(8-11)10-17-14-6-4-13(16)5-7-14/h1-8H,10,16H2. The first kappa shape index (κ1) is 11.0. The minimum absolute atomic E-state index is 0.444. The van der Waals surface area contributed by atoms with Crippen molar-refractivity contribution in [2.75, 3.05) is 5.73 Å². The molecule has 0 radical (unpaired) electrons. The fraction of sp³-hybridized carbons (Fsp3) is 0.0714. The van der Waals surface area contributed by atoms with Crippen LogP contribution in [-0.2, 0) is 6.61 Å². The predicted octanol–water partition coefficient (Wildman–Crippen LogP) is 2.72. The number of rotatable bonds is 3. The summed E-state index contributed by atoms with van der Waals surface area (Å²) >= 11 is 0. The van der Waals surface area contributed by atoms with Gasteiger partial charge in [-0.3, -0.25) is 0 Å². The highest BCUT2D eigenvalue weighted by atomic mass is 16.5. The number of anilines is 1. The van der Waals surface area contributed by atoms with Gasteiger partial charge in [-0.15, -0.1) is 0 Å². The molecule has 0 saturated carbocycles. The molecule has 0 heterocycles. The SMILES string of the molecule is N#Cc1cccc(COc2ccc(N)cc2)c1. The number of nitrogens with zero attached hydrogens (tertiary/aromatic N) is 1. The van der Waals surface area contributed by atoms with E-state index in [1.54, 1.807) is 18.2 Å². The highest BCUT2D eigenvalue weighted by molar-refractivity contribution is 5.41. The molecule has 84 valence electrons. The average molecular weight is 224 g/mol. The second-order valence-corrected chi connectivity index (χ2v) is 3.67. The Morgan fingerprint density at radius 2 is 1.88 bits per heavy atom. The molecular weight excluding hydrogens is 212 g/mol. The van der Waals surface area contributed by atoms with E-state index in [2.05, 4.69) is 6.07 Å². The van der Waals surface area contributed by atoms with Crippen LogP contribution in [0.15, 0.2) is 48.5 Å². The summed E-state index contributed by atoms with van der Waals surface area (Å²) in [6, 6.07) is 16.7. The molecule has 2 N–H and O–H groups in total. The lowest BCUT2D eigenvalue weighted by atomic mass is 10.1. The number of nitriles is 1. The monoisotopic (exact) mass is 224 g/mol. The maximum atomic E-state index is 8.77. The summed E-state index contributed by atoms with van der Waals surface area (Å²) in [6.45, 7) is 0.444. The molecule has 3 nitrogen and oxygen atoms in total. The van der Waals surface area contributed by atoms with E-state index in [1.807, 2.05) is 30.3 Å².